The molecule has 5 heteroatoms. The molecule has 0 bridgehead atoms. The van der Waals surface area contributed by atoms with E-state index in [1.165, 1.54) is 0 Å². The molecular weight excluding hydrogens is 194 g/mol. The Morgan fingerprint density at radius 2 is 2.27 bits per heavy atom. The van der Waals surface area contributed by atoms with Crippen LogP contribution in [0.25, 0.3) is 0 Å². The van der Waals surface area contributed by atoms with Gasteiger partial charge < -0.3 is 15.4 Å². The minimum absolute atomic E-state index is 0.0696. The van der Waals surface area contributed by atoms with Gasteiger partial charge in [-0.15, -0.1) is 0 Å². The summed E-state index contributed by atoms with van der Waals surface area (Å²) >= 11 is 0. The number of hydrogen-bond donors (Lipinski definition) is 2. The predicted molar refractivity (Wildman–Crippen MR) is 57.2 cm³/mol. The third-order valence-corrected chi connectivity index (χ3v) is 1.64. The molecule has 0 aliphatic carbocycles. The topological polar surface area (TPSA) is 74.2 Å². The Balaban J connectivity index is 3.10. The zero-order chi connectivity index (χ0) is 11.4. The summed E-state index contributed by atoms with van der Waals surface area (Å²) in [7, 11) is 0. The number of amides is 1. The molecule has 0 atom stereocenters. The molecule has 0 spiro atoms. The van der Waals surface area contributed by atoms with Gasteiger partial charge in [0.2, 0.25) is 5.91 Å². The zero-order valence-corrected chi connectivity index (χ0v) is 9.21. The summed E-state index contributed by atoms with van der Waals surface area (Å²) in [6.07, 6.45) is 1.93. The molecule has 0 aliphatic rings. The van der Waals surface area contributed by atoms with Crippen molar-refractivity contribution in [1.82, 2.24) is 10.6 Å². The molecule has 2 N–H and O–H groups in total. The number of rotatable bonds is 9. The molecule has 0 saturated heterocycles. The molecule has 0 aromatic heterocycles. The molecule has 86 valence electrons. The molecule has 0 rings (SSSR count). The van der Waals surface area contributed by atoms with Crippen molar-refractivity contribution in [1.29, 1.82) is 5.26 Å². The van der Waals surface area contributed by atoms with E-state index in [2.05, 4.69) is 17.6 Å². The van der Waals surface area contributed by atoms with Crippen LogP contribution in [0, 0.1) is 11.3 Å². The molecule has 0 fully saturated rings. The second kappa shape index (κ2) is 11.0. The van der Waals surface area contributed by atoms with Crippen LogP contribution in [0.3, 0.4) is 0 Å². The van der Waals surface area contributed by atoms with Gasteiger partial charge in [0.05, 0.1) is 12.6 Å². The first-order valence-corrected chi connectivity index (χ1v) is 5.23. The lowest BCUT2D eigenvalue weighted by molar-refractivity contribution is -0.120. The first-order valence-electron chi connectivity index (χ1n) is 5.23. The largest absolute Gasteiger partial charge is 0.381 e. The molecule has 15 heavy (non-hydrogen) atoms. The average molecular weight is 213 g/mol. The van der Waals surface area contributed by atoms with E-state index < -0.39 is 0 Å². The second-order valence-electron chi connectivity index (χ2n) is 3.08. The van der Waals surface area contributed by atoms with E-state index in [1.54, 1.807) is 0 Å². The van der Waals surface area contributed by atoms with Crippen molar-refractivity contribution in [3.63, 3.8) is 0 Å². The van der Waals surface area contributed by atoms with Gasteiger partial charge >= 0.3 is 0 Å². The van der Waals surface area contributed by atoms with E-state index in [0.29, 0.717) is 0 Å². The molecule has 0 saturated carbocycles. The third-order valence-electron chi connectivity index (χ3n) is 1.64. The molecule has 5 nitrogen and oxygen atoms in total. The highest BCUT2D eigenvalue weighted by Crippen LogP contribution is 1.83. The predicted octanol–water partition coefficient (Wildman–Crippen LogP) is 0.0325. The average Bonchev–Trinajstić information content (AvgIpc) is 2.25. The SMILES string of the molecule is CCCOCCCNCC(=O)NCC#N. The van der Waals surface area contributed by atoms with Crippen molar-refractivity contribution < 1.29 is 9.53 Å². The van der Waals surface area contributed by atoms with Crippen LogP contribution in [0.5, 0.6) is 0 Å². The molecule has 1 amide bonds. The van der Waals surface area contributed by atoms with Gasteiger partial charge in [-0.2, -0.15) is 5.26 Å². The van der Waals surface area contributed by atoms with Gasteiger partial charge in [0.1, 0.15) is 6.54 Å². The molecule has 0 radical (unpaired) electrons. The summed E-state index contributed by atoms with van der Waals surface area (Å²) in [4.78, 5) is 11.0. The second-order valence-corrected chi connectivity index (χ2v) is 3.08. The number of nitriles is 1. The van der Waals surface area contributed by atoms with E-state index in [1.807, 2.05) is 6.07 Å². The monoisotopic (exact) mass is 213 g/mol. The lowest BCUT2D eigenvalue weighted by Gasteiger charge is -2.04. The minimum Gasteiger partial charge on any atom is -0.381 e. The maximum Gasteiger partial charge on any atom is 0.234 e. The van der Waals surface area contributed by atoms with Gasteiger partial charge in [0.15, 0.2) is 0 Å². The van der Waals surface area contributed by atoms with Crippen molar-refractivity contribution in [3.05, 3.63) is 0 Å². The number of carbonyl (C=O) groups excluding carboxylic acids is 1. The van der Waals surface area contributed by atoms with Crippen molar-refractivity contribution in [2.45, 2.75) is 19.8 Å². The number of ether oxygens (including phenoxy) is 1. The Morgan fingerprint density at radius 1 is 1.47 bits per heavy atom. The van der Waals surface area contributed by atoms with Gasteiger partial charge in [-0.1, -0.05) is 6.92 Å². The Morgan fingerprint density at radius 3 is 2.93 bits per heavy atom. The molecule has 0 unspecified atom stereocenters. The Kier molecular flexibility index (Phi) is 10.1. The molecule has 0 aliphatic heterocycles. The smallest absolute Gasteiger partial charge is 0.234 e. The van der Waals surface area contributed by atoms with Crippen molar-refractivity contribution in [2.75, 3.05) is 32.8 Å². The van der Waals surface area contributed by atoms with Crippen molar-refractivity contribution >= 4 is 5.91 Å². The highest BCUT2D eigenvalue weighted by molar-refractivity contribution is 5.78. The first-order chi connectivity index (χ1) is 7.31. The highest BCUT2D eigenvalue weighted by atomic mass is 16.5. The summed E-state index contributed by atoms with van der Waals surface area (Å²) in [6, 6.07) is 1.84. The van der Waals surface area contributed by atoms with E-state index >= 15 is 0 Å². The lowest BCUT2D eigenvalue weighted by Crippen LogP contribution is -2.34. The zero-order valence-electron chi connectivity index (χ0n) is 9.21. The standard InChI is InChI=1S/C10H19N3O2/c1-2-7-15-8-3-5-12-9-10(14)13-6-4-11/h12H,2-3,5-9H2,1H3,(H,13,14). The number of hydrogen-bond acceptors (Lipinski definition) is 4. The maximum absolute atomic E-state index is 11.0. The fraction of sp³-hybridized carbons (Fsp3) is 0.800. The Hall–Kier alpha value is -1.12. The van der Waals surface area contributed by atoms with E-state index in [0.717, 1.165) is 32.6 Å². The number of nitrogens with one attached hydrogen (secondary N) is 2. The summed E-state index contributed by atoms with van der Waals surface area (Å²) < 4.78 is 5.27. The van der Waals surface area contributed by atoms with Crippen LogP contribution >= 0.6 is 0 Å². The lowest BCUT2D eigenvalue weighted by atomic mass is 10.4. The molecular formula is C10H19N3O2. The quantitative estimate of drug-likeness (QED) is 0.418. The minimum atomic E-state index is -0.147. The first kappa shape index (κ1) is 13.9. The van der Waals surface area contributed by atoms with Gasteiger partial charge in [0.25, 0.3) is 0 Å². The normalized spacial score (nSPS) is 9.60. The van der Waals surface area contributed by atoms with Gasteiger partial charge in [-0.3, -0.25) is 4.79 Å². The fourth-order valence-electron chi connectivity index (χ4n) is 0.948. The van der Waals surface area contributed by atoms with Gasteiger partial charge in [-0.05, 0) is 19.4 Å². The van der Waals surface area contributed by atoms with Crippen LogP contribution in [0.1, 0.15) is 19.8 Å². The summed E-state index contributed by atoms with van der Waals surface area (Å²) in [6.45, 7) is 4.67. The van der Waals surface area contributed by atoms with Gasteiger partial charge in [-0.25, -0.2) is 0 Å². The summed E-state index contributed by atoms with van der Waals surface area (Å²) in [5.74, 6) is -0.147. The Labute approximate surface area is 90.8 Å². The van der Waals surface area contributed by atoms with Crippen LogP contribution < -0.4 is 10.6 Å². The van der Waals surface area contributed by atoms with Crippen LogP contribution in [0.4, 0.5) is 0 Å². The molecule has 0 heterocycles. The van der Waals surface area contributed by atoms with Crippen LogP contribution in [-0.4, -0.2) is 38.8 Å². The highest BCUT2D eigenvalue weighted by Gasteiger charge is 1.97. The van der Waals surface area contributed by atoms with Crippen LogP contribution in [0.15, 0.2) is 0 Å². The van der Waals surface area contributed by atoms with E-state index in [-0.39, 0.29) is 19.0 Å². The van der Waals surface area contributed by atoms with Crippen molar-refractivity contribution in [3.8, 4) is 6.07 Å². The van der Waals surface area contributed by atoms with E-state index in [4.69, 9.17) is 10.00 Å². The van der Waals surface area contributed by atoms with Gasteiger partial charge in [0, 0.05) is 13.2 Å². The fourth-order valence-corrected chi connectivity index (χ4v) is 0.948. The van der Waals surface area contributed by atoms with Crippen molar-refractivity contribution in [2.24, 2.45) is 0 Å². The third kappa shape index (κ3) is 10.8. The molecule has 0 aromatic carbocycles. The van der Waals surface area contributed by atoms with Crippen LogP contribution in [-0.2, 0) is 9.53 Å². The summed E-state index contributed by atoms with van der Waals surface area (Å²) in [5, 5.41) is 13.6. The van der Waals surface area contributed by atoms with E-state index in [9.17, 15) is 4.79 Å². The number of nitrogens with zero attached hydrogens (tertiary/aromatic N) is 1. The summed E-state index contributed by atoms with van der Waals surface area (Å²) in [5.41, 5.74) is 0. The Bertz CT molecular complexity index is 201. The van der Waals surface area contributed by atoms with Crippen LogP contribution in [0.2, 0.25) is 0 Å². The number of carbonyl (C=O) groups is 1. The maximum atomic E-state index is 11.0. The molecule has 0 aromatic rings.